The average Bonchev–Trinajstić information content (AvgIpc) is 2.98. The van der Waals surface area contributed by atoms with E-state index in [0.29, 0.717) is 23.5 Å². The van der Waals surface area contributed by atoms with Crippen molar-refractivity contribution in [1.82, 2.24) is 4.90 Å². The summed E-state index contributed by atoms with van der Waals surface area (Å²) in [5, 5.41) is 2.81. The number of nitrogens with zero attached hydrogens (tertiary/aromatic N) is 2. The Hall–Kier alpha value is -3.93. The third kappa shape index (κ3) is 3.80. The number of hydrogen-bond donors (Lipinski definition) is 1. The van der Waals surface area contributed by atoms with E-state index >= 15 is 0 Å². The van der Waals surface area contributed by atoms with Crippen LogP contribution in [0.5, 0.6) is 0 Å². The van der Waals surface area contributed by atoms with Gasteiger partial charge in [0.05, 0.1) is 5.69 Å². The smallest absolute Gasteiger partial charge is 0.322 e. The fourth-order valence-electron chi connectivity index (χ4n) is 3.42. The zero-order valence-corrected chi connectivity index (χ0v) is 16.5. The van der Waals surface area contributed by atoms with Gasteiger partial charge in [-0.05, 0) is 48.9 Å². The van der Waals surface area contributed by atoms with Crippen LogP contribution >= 0.6 is 0 Å². The molecule has 1 fully saturated rings. The van der Waals surface area contributed by atoms with E-state index in [2.05, 4.69) is 5.32 Å². The van der Waals surface area contributed by atoms with E-state index in [1.54, 1.807) is 48.2 Å². The molecule has 1 atom stereocenters. The van der Waals surface area contributed by atoms with Crippen molar-refractivity contribution in [3.05, 3.63) is 96.1 Å². The average molecular weight is 399 g/mol. The summed E-state index contributed by atoms with van der Waals surface area (Å²) in [6.45, 7) is 2.09. The number of carbonyl (C=O) groups excluding carboxylic acids is 3. The quantitative estimate of drug-likeness (QED) is 0.651. The van der Waals surface area contributed by atoms with Gasteiger partial charge in [0.25, 0.3) is 11.8 Å². The Morgan fingerprint density at radius 1 is 0.867 bits per heavy atom. The molecule has 0 aliphatic carbocycles. The van der Waals surface area contributed by atoms with Gasteiger partial charge in [0, 0.05) is 17.8 Å². The number of anilines is 2. The lowest BCUT2D eigenvalue weighted by atomic mass is 10.1. The number of amides is 4. The fraction of sp³-hybridized carbons (Fsp3) is 0.125. The van der Waals surface area contributed by atoms with E-state index in [1.165, 1.54) is 4.90 Å². The van der Waals surface area contributed by atoms with Crippen molar-refractivity contribution in [1.29, 1.82) is 0 Å². The first kappa shape index (κ1) is 19.4. The number of imide groups is 1. The molecule has 0 bridgehead atoms. The zero-order valence-electron chi connectivity index (χ0n) is 16.5. The highest BCUT2D eigenvalue weighted by Crippen LogP contribution is 2.27. The lowest BCUT2D eigenvalue weighted by molar-refractivity contribution is -0.119. The largest absolute Gasteiger partial charge is 0.332 e. The Balaban J connectivity index is 1.50. The van der Waals surface area contributed by atoms with Gasteiger partial charge < -0.3 is 10.2 Å². The molecule has 3 aromatic rings. The minimum absolute atomic E-state index is 0.258. The van der Waals surface area contributed by atoms with E-state index < -0.39 is 6.04 Å². The number of benzene rings is 3. The van der Waals surface area contributed by atoms with Crippen LogP contribution in [0.25, 0.3) is 0 Å². The lowest BCUT2D eigenvalue weighted by Gasteiger charge is -2.19. The zero-order chi connectivity index (χ0) is 21.1. The van der Waals surface area contributed by atoms with Gasteiger partial charge >= 0.3 is 6.03 Å². The molecule has 1 aliphatic heterocycles. The molecule has 4 amide bonds. The second-order valence-corrected chi connectivity index (χ2v) is 7.11. The molecule has 0 radical (unpaired) electrons. The molecular formula is C24H21N3O3. The monoisotopic (exact) mass is 399 g/mol. The van der Waals surface area contributed by atoms with Gasteiger partial charge in [0.1, 0.15) is 6.04 Å². The van der Waals surface area contributed by atoms with Crippen LogP contribution in [-0.2, 0) is 11.3 Å². The second kappa shape index (κ2) is 8.21. The normalized spacial score (nSPS) is 16.1. The predicted molar refractivity (Wildman–Crippen MR) is 115 cm³/mol. The van der Waals surface area contributed by atoms with Gasteiger partial charge in [0.15, 0.2) is 0 Å². The number of urea groups is 1. The van der Waals surface area contributed by atoms with Crippen LogP contribution < -0.4 is 10.2 Å². The highest BCUT2D eigenvalue weighted by molar-refractivity contribution is 6.21. The third-order valence-corrected chi connectivity index (χ3v) is 5.10. The lowest BCUT2D eigenvalue weighted by Crippen LogP contribution is -2.33. The van der Waals surface area contributed by atoms with Crippen LogP contribution in [0.1, 0.15) is 22.8 Å². The van der Waals surface area contributed by atoms with Crippen LogP contribution in [0.3, 0.4) is 0 Å². The van der Waals surface area contributed by atoms with Crippen LogP contribution in [-0.4, -0.2) is 28.8 Å². The summed E-state index contributed by atoms with van der Waals surface area (Å²) in [6, 6.07) is 24.3. The SMILES string of the molecule is C[C@H]1C(=O)N(c2ccc(C(=O)Nc3ccccc3)cc2)C(=O)N1Cc1ccccc1. The Labute approximate surface area is 174 Å². The van der Waals surface area contributed by atoms with Crippen molar-refractivity contribution in [2.24, 2.45) is 0 Å². The van der Waals surface area contributed by atoms with Gasteiger partial charge in [-0.15, -0.1) is 0 Å². The van der Waals surface area contributed by atoms with Crippen molar-refractivity contribution >= 4 is 29.2 Å². The van der Waals surface area contributed by atoms with Gasteiger partial charge in [-0.2, -0.15) is 0 Å². The van der Waals surface area contributed by atoms with Gasteiger partial charge in [-0.3, -0.25) is 9.59 Å². The van der Waals surface area contributed by atoms with Gasteiger partial charge in [-0.1, -0.05) is 48.5 Å². The summed E-state index contributed by atoms with van der Waals surface area (Å²) in [5.74, 6) is -0.539. The van der Waals surface area contributed by atoms with Crippen molar-refractivity contribution in [3.63, 3.8) is 0 Å². The molecule has 150 valence electrons. The van der Waals surface area contributed by atoms with Gasteiger partial charge in [0.2, 0.25) is 0 Å². The first-order valence-corrected chi connectivity index (χ1v) is 9.69. The number of nitrogens with one attached hydrogen (secondary N) is 1. The first-order chi connectivity index (χ1) is 14.5. The van der Waals surface area contributed by atoms with Crippen LogP contribution in [0, 0.1) is 0 Å². The van der Waals surface area contributed by atoms with E-state index in [4.69, 9.17) is 0 Å². The predicted octanol–water partition coefficient (Wildman–Crippen LogP) is 4.30. The highest BCUT2D eigenvalue weighted by atomic mass is 16.2. The molecule has 0 spiro atoms. The van der Waals surface area contributed by atoms with E-state index in [-0.39, 0.29) is 17.8 Å². The minimum atomic E-state index is -0.557. The maximum Gasteiger partial charge on any atom is 0.332 e. The summed E-state index contributed by atoms with van der Waals surface area (Å²) in [4.78, 5) is 40.8. The molecule has 0 saturated carbocycles. The Morgan fingerprint density at radius 2 is 1.47 bits per heavy atom. The molecule has 30 heavy (non-hydrogen) atoms. The summed E-state index contributed by atoms with van der Waals surface area (Å²) >= 11 is 0. The third-order valence-electron chi connectivity index (χ3n) is 5.10. The van der Waals surface area contributed by atoms with Gasteiger partial charge in [-0.25, -0.2) is 9.69 Å². The van der Waals surface area contributed by atoms with Crippen LogP contribution in [0.15, 0.2) is 84.9 Å². The molecular weight excluding hydrogens is 378 g/mol. The Kier molecular flexibility index (Phi) is 5.30. The van der Waals surface area contributed by atoms with Crippen LogP contribution in [0.4, 0.5) is 16.2 Å². The Morgan fingerprint density at radius 3 is 2.10 bits per heavy atom. The maximum absolute atomic E-state index is 12.9. The maximum atomic E-state index is 12.9. The van der Waals surface area contributed by atoms with E-state index in [9.17, 15) is 14.4 Å². The minimum Gasteiger partial charge on any atom is -0.322 e. The molecule has 1 saturated heterocycles. The molecule has 1 heterocycles. The fourth-order valence-corrected chi connectivity index (χ4v) is 3.42. The summed E-state index contributed by atoms with van der Waals surface area (Å²) < 4.78 is 0. The molecule has 0 unspecified atom stereocenters. The molecule has 1 N–H and O–H groups in total. The number of hydrogen-bond acceptors (Lipinski definition) is 3. The van der Waals surface area contributed by atoms with Crippen molar-refractivity contribution in [3.8, 4) is 0 Å². The number of para-hydroxylation sites is 1. The summed E-state index contributed by atoms with van der Waals surface area (Å²) in [7, 11) is 0. The summed E-state index contributed by atoms with van der Waals surface area (Å²) in [6.07, 6.45) is 0. The molecule has 4 rings (SSSR count). The Bertz CT molecular complexity index is 1070. The standard InChI is InChI=1S/C24H21N3O3/c1-17-23(29)27(24(30)26(17)16-18-8-4-2-5-9-18)21-14-12-19(13-15-21)22(28)25-20-10-6-3-7-11-20/h2-15,17H,16H2,1H3,(H,25,28)/t17-/m0/s1. The molecule has 6 heteroatoms. The molecule has 0 aromatic heterocycles. The van der Waals surface area contributed by atoms with Crippen LogP contribution in [0.2, 0.25) is 0 Å². The topological polar surface area (TPSA) is 69.7 Å². The second-order valence-electron chi connectivity index (χ2n) is 7.11. The summed E-state index contributed by atoms with van der Waals surface area (Å²) in [5.41, 5.74) is 2.54. The molecule has 1 aliphatic rings. The van der Waals surface area contributed by atoms with Crippen molar-refractivity contribution in [2.45, 2.75) is 19.5 Å². The first-order valence-electron chi connectivity index (χ1n) is 9.69. The van der Waals surface area contributed by atoms with E-state index in [1.807, 2.05) is 48.5 Å². The molecule has 6 nitrogen and oxygen atoms in total. The van der Waals surface area contributed by atoms with Crippen molar-refractivity contribution in [2.75, 3.05) is 10.2 Å². The van der Waals surface area contributed by atoms with E-state index in [0.717, 1.165) is 5.56 Å². The van der Waals surface area contributed by atoms with Crippen molar-refractivity contribution < 1.29 is 14.4 Å². The number of carbonyl (C=O) groups is 3. The molecule has 3 aromatic carbocycles. The number of rotatable bonds is 5. The highest BCUT2D eigenvalue weighted by Gasteiger charge is 2.43.